The zero-order valence-corrected chi connectivity index (χ0v) is 8.91. The van der Waals surface area contributed by atoms with Gasteiger partial charge in [-0.15, -0.1) is 0 Å². The van der Waals surface area contributed by atoms with Crippen molar-refractivity contribution in [3.8, 4) is 0 Å². The van der Waals surface area contributed by atoms with Crippen molar-refractivity contribution in [2.75, 3.05) is 19.6 Å². The number of likely N-dealkylation sites (tertiary alicyclic amines) is 1. The highest BCUT2D eigenvalue weighted by molar-refractivity contribution is 5.74. The number of hydrogen-bond donors (Lipinski definition) is 2. The maximum absolute atomic E-state index is 10.8. The van der Waals surface area contributed by atoms with Gasteiger partial charge in [-0.2, -0.15) is 0 Å². The summed E-state index contributed by atoms with van der Waals surface area (Å²) in [4.78, 5) is 13.1. The molecule has 0 aliphatic carbocycles. The number of piperidine rings is 1. The summed E-state index contributed by atoms with van der Waals surface area (Å²) < 4.78 is 0. The van der Waals surface area contributed by atoms with Gasteiger partial charge in [0.25, 0.3) is 0 Å². The molecule has 0 aromatic heterocycles. The van der Waals surface area contributed by atoms with Gasteiger partial charge >= 0.3 is 0 Å². The summed E-state index contributed by atoms with van der Waals surface area (Å²) in [6.45, 7) is 4.87. The molecular weight excluding hydrogens is 178 g/mol. The van der Waals surface area contributed by atoms with E-state index in [1.807, 2.05) is 0 Å². The van der Waals surface area contributed by atoms with Crippen LogP contribution in [0, 0.1) is 5.92 Å². The van der Waals surface area contributed by atoms with Crippen LogP contribution in [0.2, 0.25) is 0 Å². The average Bonchev–Trinajstić information content (AvgIpc) is 2.14. The summed E-state index contributed by atoms with van der Waals surface area (Å²) in [5.41, 5.74) is 10.8. The van der Waals surface area contributed by atoms with Gasteiger partial charge in [-0.25, -0.2) is 0 Å². The van der Waals surface area contributed by atoms with Gasteiger partial charge in [-0.1, -0.05) is 6.92 Å². The third-order valence-electron chi connectivity index (χ3n) is 2.91. The Kier molecular flexibility index (Phi) is 4.35. The van der Waals surface area contributed by atoms with Gasteiger partial charge in [0.05, 0.1) is 0 Å². The van der Waals surface area contributed by atoms with Crippen LogP contribution in [-0.4, -0.2) is 36.5 Å². The molecule has 1 saturated heterocycles. The topological polar surface area (TPSA) is 72.3 Å². The van der Waals surface area contributed by atoms with Gasteiger partial charge in [0, 0.05) is 25.6 Å². The minimum absolute atomic E-state index is 0.148. The Bertz CT molecular complexity index is 196. The van der Waals surface area contributed by atoms with Gasteiger partial charge in [0.1, 0.15) is 0 Å². The second kappa shape index (κ2) is 5.32. The Morgan fingerprint density at radius 1 is 1.64 bits per heavy atom. The van der Waals surface area contributed by atoms with E-state index in [2.05, 4.69) is 11.8 Å². The van der Waals surface area contributed by atoms with Crippen LogP contribution in [0.3, 0.4) is 0 Å². The standard InChI is InChI=1S/C10H21N3O/c1-8-3-2-4-13(7-8)9(6-11)5-10(12)14/h8-9H,2-7,11H2,1H3,(H2,12,14). The fourth-order valence-corrected chi connectivity index (χ4v) is 2.15. The van der Waals surface area contributed by atoms with E-state index in [-0.39, 0.29) is 11.9 Å². The normalized spacial score (nSPS) is 26.0. The summed E-state index contributed by atoms with van der Waals surface area (Å²) in [6.07, 6.45) is 2.88. The maximum Gasteiger partial charge on any atom is 0.219 e. The summed E-state index contributed by atoms with van der Waals surface area (Å²) in [7, 11) is 0. The molecular formula is C10H21N3O. The quantitative estimate of drug-likeness (QED) is 0.665. The molecule has 2 atom stereocenters. The van der Waals surface area contributed by atoms with Crippen LogP contribution >= 0.6 is 0 Å². The summed E-state index contributed by atoms with van der Waals surface area (Å²) in [5, 5.41) is 0. The van der Waals surface area contributed by atoms with Crippen molar-refractivity contribution in [2.45, 2.75) is 32.2 Å². The van der Waals surface area contributed by atoms with Gasteiger partial charge in [0.2, 0.25) is 5.91 Å². The molecule has 0 spiro atoms. The number of rotatable bonds is 4. The molecule has 14 heavy (non-hydrogen) atoms. The molecule has 1 amide bonds. The number of amides is 1. The molecule has 1 rings (SSSR count). The van der Waals surface area contributed by atoms with Crippen LogP contribution in [-0.2, 0) is 4.79 Å². The Labute approximate surface area is 85.6 Å². The number of nitrogens with two attached hydrogens (primary N) is 2. The van der Waals surface area contributed by atoms with Crippen molar-refractivity contribution < 1.29 is 4.79 Å². The molecule has 1 aliphatic rings. The monoisotopic (exact) mass is 199 g/mol. The molecule has 0 aromatic rings. The molecule has 0 aromatic carbocycles. The van der Waals surface area contributed by atoms with Crippen molar-refractivity contribution in [2.24, 2.45) is 17.4 Å². The SMILES string of the molecule is CC1CCCN(C(CN)CC(N)=O)C1. The first-order chi connectivity index (χ1) is 6.63. The largest absolute Gasteiger partial charge is 0.370 e. The van der Waals surface area contributed by atoms with Gasteiger partial charge in [-0.05, 0) is 25.3 Å². The Morgan fingerprint density at radius 3 is 2.86 bits per heavy atom. The van der Waals surface area contributed by atoms with Gasteiger partial charge < -0.3 is 11.5 Å². The van der Waals surface area contributed by atoms with Crippen LogP contribution in [0.1, 0.15) is 26.2 Å². The van der Waals surface area contributed by atoms with E-state index in [4.69, 9.17) is 11.5 Å². The highest BCUT2D eigenvalue weighted by Gasteiger charge is 2.23. The van der Waals surface area contributed by atoms with Crippen LogP contribution in [0.15, 0.2) is 0 Å². The first-order valence-corrected chi connectivity index (χ1v) is 5.36. The first-order valence-electron chi connectivity index (χ1n) is 5.36. The second-order valence-corrected chi connectivity index (χ2v) is 4.30. The molecule has 82 valence electrons. The first kappa shape index (κ1) is 11.5. The van der Waals surface area contributed by atoms with Crippen molar-refractivity contribution in [3.63, 3.8) is 0 Å². The molecule has 1 heterocycles. The van der Waals surface area contributed by atoms with E-state index in [0.29, 0.717) is 18.9 Å². The Morgan fingerprint density at radius 2 is 2.36 bits per heavy atom. The minimum atomic E-state index is -0.251. The lowest BCUT2D eigenvalue weighted by molar-refractivity contribution is -0.119. The second-order valence-electron chi connectivity index (χ2n) is 4.30. The predicted molar refractivity (Wildman–Crippen MR) is 56.6 cm³/mol. The lowest BCUT2D eigenvalue weighted by atomic mass is 9.98. The number of hydrogen-bond acceptors (Lipinski definition) is 3. The maximum atomic E-state index is 10.8. The van der Waals surface area contributed by atoms with Crippen molar-refractivity contribution in [1.29, 1.82) is 0 Å². The molecule has 4 nitrogen and oxygen atoms in total. The number of carbonyl (C=O) groups excluding carboxylic acids is 1. The molecule has 0 bridgehead atoms. The molecule has 1 fully saturated rings. The highest BCUT2D eigenvalue weighted by Crippen LogP contribution is 2.18. The lowest BCUT2D eigenvalue weighted by Gasteiger charge is -2.36. The van der Waals surface area contributed by atoms with Crippen LogP contribution < -0.4 is 11.5 Å². The van der Waals surface area contributed by atoms with Crippen LogP contribution in [0.25, 0.3) is 0 Å². The summed E-state index contributed by atoms with van der Waals surface area (Å²) >= 11 is 0. The summed E-state index contributed by atoms with van der Waals surface area (Å²) in [6, 6.07) is 0.148. The molecule has 2 unspecified atom stereocenters. The molecule has 4 heteroatoms. The number of primary amides is 1. The third-order valence-corrected chi connectivity index (χ3v) is 2.91. The molecule has 1 aliphatic heterocycles. The molecule has 4 N–H and O–H groups in total. The van der Waals surface area contributed by atoms with E-state index in [1.54, 1.807) is 0 Å². The van der Waals surface area contributed by atoms with E-state index < -0.39 is 0 Å². The van der Waals surface area contributed by atoms with E-state index >= 15 is 0 Å². The minimum Gasteiger partial charge on any atom is -0.370 e. The molecule has 0 saturated carbocycles. The van der Waals surface area contributed by atoms with Gasteiger partial charge in [0.15, 0.2) is 0 Å². The zero-order chi connectivity index (χ0) is 10.6. The van der Waals surface area contributed by atoms with Crippen LogP contribution in [0.4, 0.5) is 0 Å². The summed E-state index contributed by atoms with van der Waals surface area (Å²) in [5.74, 6) is 0.462. The average molecular weight is 199 g/mol. The van der Waals surface area contributed by atoms with Crippen LogP contribution in [0.5, 0.6) is 0 Å². The number of carbonyl (C=O) groups is 1. The highest BCUT2D eigenvalue weighted by atomic mass is 16.1. The molecule has 0 radical (unpaired) electrons. The van der Waals surface area contributed by atoms with E-state index in [0.717, 1.165) is 13.1 Å². The fourth-order valence-electron chi connectivity index (χ4n) is 2.15. The zero-order valence-electron chi connectivity index (χ0n) is 8.91. The van der Waals surface area contributed by atoms with Crippen molar-refractivity contribution in [1.82, 2.24) is 4.90 Å². The van der Waals surface area contributed by atoms with E-state index in [1.165, 1.54) is 12.8 Å². The van der Waals surface area contributed by atoms with Crippen molar-refractivity contribution in [3.05, 3.63) is 0 Å². The third kappa shape index (κ3) is 3.27. The van der Waals surface area contributed by atoms with E-state index in [9.17, 15) is 4.79 Å². The smallest absolute Gasteiger partial charge is 0.219 e. The number of nitrogens with zero attached hydrogens (tertiary/aromatic N) is 1. The Balaban J connectivity index is 2.46. The van der Waals surface area contributed by atoms with Crippen molar-refractivity contribution >= 4 is 5.91 Å². The fraction of sp³-hybridized carbons (Fsp3) is 0.900. The predicted octanol–water partition coefficient (Wildman–Crippen LogP) is -0.0790. The van der Waals surface area contributed by atoms with Gasteiger partial charge in [-0.3, -0.25) is 9.69 Å². The Hall–Kier alpha value is -0.610. The lowest BCUT2D eigenvalue weighted by Crippen LogP contribution is -2.47.